The topological polar surface area (TPSA) is 69.0 Å². The summed E-state index contributed by atoms with van der Waals surface area (Å²) in [6.45, 7) is 8.30. The fraction of sp³-hybridized carbons (Fsp3) is 0.265. The molecular weight excluding hydrogens is 551 g/mol. The van der Waals surface area contributed by atoms with Crippen LogP contribution in [0.3, 0.4) is 0 Å². The van der Waals surface area contributed by atoms with Gasteiger partial charge in [0.2, 0.25) is 5.91 Å². The van der Waals surface area contributed by atoms with Gasteiger partial charge in [0, 0.05) is 34.9 Å². The second-order valence-corrected chi connectivity index (χ2v) is 11.1. The van der Waals surface area contributed by atoms with Gasteiger partial charge in [-0.05, 0) is 60.9 Å². The van der Waals surface area contributed by atoms with Gasteiger partial charge in [0.15, 0.2) is 0 Å². The zero-order valence-electron chi connectivity index (χ0n) is 24.4. The molecule has 1 amide bonds. The van der Waals surface area contributed by atoms with Crippen LogP contribution in [0, 0.1) is 12.7 Å². The first kappa shape index (κ1) is 29.3. The molecule has 0 fully saturated rings. The van der Waals surface area contributed by atoms with Crippen LogP contribution >= 0.6 is 11.6 Å². The molecule has 0 aliphatic rings. The number of nitrogens with one attached hydrogen (secondary N) is 1. The Morgan fingerprint density at radius 1 is 0.976 bits per heavy atom. The smallest absolute Gasteiger partial charge is 0.243 e. The van der Waals surface area contributed by atoms with E-state index in [2.05, 4.69) is 5.32 Å². The van der Waals surface area contributed by atoms with Crippen LogP contribution in [0.15, 0.2) is 72.8 Å². The number of benzene rings is 3. The molecule has 6 nitrogen and oxygen atoms in total. The van der Waals surface area contributed by atoms with Gasteiger partial charge >= 0.3 is 0 Å². The van der Waals surface area contributed by atoms with E-state index < -0.39 is 6.04 Å². The quantitative estimate of drug-likeness (QED) is 0.192. The molecule has 1 N–H and O–H groups in total. The molecule has 8 heteroatoms. The van der Waals surface area contributed by atoms with E-state index in [1.165, 1.54) is 12.1 Å². The summed E-state index contributed by atoms with van der Waals surface area (Å²) in [6, 6.07) is 21.0. The van der Waals surface area contributed by atoms with Crippen LogP contribution in [-0.4, -0.2) is 27.6 Å². The third-order valence-corrected chi connectivity index (χ3v) is 7.81. The van der Waals surface area contributed by atoms with Crippen molar-refractivity contribution in [3.05, 3.63) is 112 Å². The Morgan fingerprint density at radius 2 is 1.64 bits per heavy atom. The minimum Gasteiger partial charge on any atom is -0.497 e. The molecule has 0 aliphatic heterocycles. The monoisotopic (exact) mass is 584 g/mol. The number of methoxy groups -OCH3 is 1. The van der Waals surface area contributed by atoms with Gasteiger partial charge in [0.25, 0.3) is 0 Å². The minimum absolute atomic E-state index is 0.0833. The normalized spacial score (nSPS) is 12.1. The number of carbonyl (C=O) groups is 1. The Kier molecular flexibility index (Phi) is 8.59. The van der Waals surface area contributed by atoms with Gasteiger partial charge in [-0.1, -0.05) is 67.9 Å². The third kappa shape index (κ3) is 5.88. The second kappa shape index (κ2) is 12.3. The lowest BCUT2D eigenvalue weighted by molar-refractivity contribution is -0.123. The van der Waals surface area contributed by atoms with Crippen molar-refractivity contribution in [2.75, 3.05) is 7.11 Å². The van der Waals surface area contributed by atoms with Gasteiger partial charge in [-0.15, -0.1) is 0 Å². The van der Waals surface area contributed by atoms with Crippen molar-refractivity contribution in [3.8, 4) is 17.0 Å². The highest BCUT2D eigenvalue weighted by Gasteiger charge is 2.29. The van der Waals surface area contributed by atoms with Crippen molar-refractivity contribution in [2.24, 2.45) is 0 Å². The van der Waals surface area contributed by atoms with Crippen LogP contribution < -0.4 is 10.1 Å². The number of rotatable bonds is 9. The van der Waals surface area contributed by atoms with Gasteiger partial charge in [-0.3, -0.25) is 4.79 Å². The molecule has 3 aromatic carbocycles. The number of hydrogen-bond acceptors (Lipinski definition) is 4. The van der Waals surface area contributed by atoms with Crippen LogP contribution in [-0.2, 0) is 17.8 Å². The SMILES string of the molecule is COc1ccc(CNC(=O)C(C)n2c(-c3ccccc3Cl)c(Cc3ccc(F)cc3)c3c(C)nc(C(C)C)nc32)cc1. The van der Waals surface area contributed by atoms with E-state index in [-0.39, 0.29) is 17.6 Å². The van der Waals surface area contributed by atoms with Gasteiger partial charge in [0.1, 0.15) is 29.1 Å². The molecule has 2 aromatic heterocycles. The van der Waals surface area contributed by atoms with E-state index in [4.69, 9.17) is 26.3 Å². The van der Waals surface area contributed by atoms with Crippen LogP contribution in [0.4, 0.5) is 4.39 Å². The number of amides is 1. The van der Waals surface area contributed by atoms with E-state index in [0.717, 1.165) is 44.8 Å². The Labute approximate surface area is 250 Å². The molecule has 0 saturated heterocycles. The van der Waals surface area contributed by atoms with Crippen molar-refractivity contribution in [2.45, 2.75) is 52.6 Å². The van der Waals surface area contributed by atoms with Crippen LogP contribution in [0.5, 0.6) is 5.75 Å². The molecule has 2 heterocycles. The summed E-state index contributed by atoms with van der Waals surface area (Å²) in [5.41, 5.74) is 5.89. The lowest BCUT2D eigenvalue weighted by atomic mass is 9.98. The standard InChI is InChI=1S/C34H34ClFN4O2/c1-20(2)32-38-21(3)30-28(18-23-10-14-25(36)15-11-23)31(27-8-6-7-9-29(27)35)40(33(30)39-32)22(4)34(41)37-19-24-12-16-26(42-5)17-13-24/h6-17,20,22H,18-19H2,1-5H3,(H,37,41). The second-order valence-electron chi connectivity index (χ2n) is 10.7. The maximum absolute atomic E-state index is 13.8. The highest BCUT2D eigenvalue weighted by Crippen LogP contribution is 2.41. The first-order valence-corrected chi connectivity index (χ1v) is 14.4. The fourth-order valence-electron chi connectivity index (χ4n) is 5.23. The summed E-state index contributed by atoms with van der Waals surface area (Å²) < 4.78 is 21.0. The molecular formula is C34H34ClFN4O2. The number of nitrogens with zero attached hydrogens (tertiary/aromatic N) is 3. The zero-order chi connectivity index (χ0) is 30.0. The largest absolute Gasteiger partial charge is 0.497 e. The van der Waals surface area contributed by atoms with Crippen molar-refractivity contribution < 1.29 is 13.9 Å². The van der Waals surface area contributed by atoms with Gasteiger partial charge in [-0.2, -0.15) is 0 Å². The van der Waals surface area contributed by atoms with E-state index >= 15 is 0 Å². The predicted octanol–water partition coefficient (Wildman–Crippen LogP) is 7.80. The first-order valence-electron chi connectivity index (χ1n) is 14.0. The summed E-state index contributed by atoms with van der Waals surface area (Å²) in [6.07, 6.45) is 0.482. The third-order valence-electron chi connectivity index (χ3n) is 7.48. The average Bonchev–Trinajstić information content (AvgIpc) is 3.31. The fourth-order valence-corrected chi connectivity index (χ4v) is 5.46. The summed E-state index contributed by atoms with van der Waals surface area (Å²) in [4.78, 5) is 23.7. The molecule has 0 bridgehead atoms. The number of hydrogen-bond donors (Lipinski definition) is 1. The summed E-state index contributed by atoms with van der Waals surface area (Å²) in [7, 11) is 1.62. The number of halogens is 2. The molecule has 0 spiro atoms. The molecule has 0 aliphatic carbocycles. The van der Waals surface area contributed by atoms with E-state index in [1.807, 2.05) is 80.8 Å². The summed E-state index contributed by atoms with van der Waals surface area (Å²) >= 11 is 6.82. The lowest BCUT2D eigenvalue weighted by Gasteiger charge is -2.20. The number of fused-ring (bicyclic) bond motifs is 1. The number of carbonyl (C=O) groups excluding carboxylic acids is 1. The first-order chi connectivity index (χ1) is 20.2. The van der Waals surface area contributed by atoms with E-state index in [1.54, 1.807) is 19.2 Å². The number of aryl methyl sites for hydroxylation is 1. The maximum Gasteiger partial charge on any atom is 0.243 e. The number of aromatic nitrogens is 3. The van der Waals surface area contributed by atoms with Gasteiger partial charge < -0.3 is 14.6 Å². The number of ether oxygens (including phenoxy) is 1. The minimum atomic E-state index is -0.631. The van der Waals surface area contributed by atoms with Crippen LogP contribution in [0.2, 0.25) is 5.02 Å². The highest BCUT2D eigenvalue weighted by molar-refractivity contribution is 6.33. The average molecular weight is 585 g/mol. The van der Waals surface area contributed by atoms with E-state index in [9.17, 15) is 9.18 Å². The van der Waals surface area contributed by atoms with Crippen molar-refractivity contribution in [1.29, 1.82) is 0 Å². The lowest BCUT2D eigenvalue weighted by Crippen LogP contribution is -2.31. The Bertz CT molecular complexity index is 1730. The Hall–Kier alpha value is -4.23. The summed E-state index contributed by atoms with van der Waals surface area (Å²) in [5.74, 6) is 1.08. The molecule has 5 aromatic rings. The molecule has 1 atom stereocenters. The van der Waals surface area contributed by atoms with Crippen molar-refractivity contribution in [1.82, 2.24) is 19.9 Å². The van der Waals surface area contributed by atoms with Crippen molar-refractivity contribution in [3.63, 3.8) is 0 Å². The van der Waals surface area contributed by atoms with Gasteiger partial charge in [-0.25, -0.2) is 14.4 Å². The molecule has 0 radical (unpaired) electrons. The zero-order valence-corrected chi connectivity index (χ0v) is 25.2. The highest BCUT2D eigenvalue weighted by atomic mass is 35.5. The van der Waals surface area contributed by atoms with Crippen LogP contribution in [0.25, 0.3) is 22.3 Å². The van der Waals surface area contributed by atoms with Gasteiger partial charge in [0.05, 0.1) is 18.5 Å². The molecule has 0 saturated carbocycles. The molecule has 1 unspecified atom stereocenters. The maximum atomic E-state index is 13.8. The molecule has 42 heavy (non-hydrogen) atoms. The van der Waals surface area contributed by atoms with Crippen molar-refractivity contribution >= 4 is 28.5 Å². The summed E-state index contributed by atoms with van der Waals surface area (Å²) in [5, 5.41) is 4.52. The Morgan fingerprint density at radius 3 is 2.29 bits per heavy atom. The molecule has 5 rings (SSSR count). The predicted molar refractivity (Wildman–Crippen MR) is 166 cm³/mol. The van der Waals surface area contributed by atoms with Crippen LogP contribution in [0.1, 0.15) is 60.9 Å². The van der Waals surface area contributed by atoms with E-state index in [0.29, 0.717) is 29.5 Å². The Balaban J connectivity index is 1.69. The molecule has 216 valence electrons.